The molecule has 0 radical (unpaired) electrons. The Bertz CT molecular complexity index is 739. The monoisotopic (exact) mass is 322 g/mol. The van der Waals surface area contributed by atoms with Crippen LogP contribution in [0, 0.1) is 0 Å². The third-order valence-electron chi connectivity index (χ3n) is 3.28. The van der Waals surface area contributed by atoms with Gasteiger partial charge in [-0.25, -0.2) is 8.42 Å². The molecule has 0 aliphatic carbocycles. The highest BCUT2D eigenvalue weighted by atomic mass is 35.5. The van der Waals surface area contributed by atoms with Crippen molar-refractivity contribution >= 4 is 27.2 Å². The summed E-state index contributed by atoms with van der Waals surface area (Å²) in [5, 5.41) is -0.711. The van der Waals surface area contributed by atoms with Crippen molar-refractivity contribution < 1.29 is 13.2 Å². The van der Waals surface area contributed by atoms with Crippen LogP contribution in [0.25, 0.3) is 0 Å². The average Bonchev–Trinajstić information content (AvgIpc) is 2.49. The number of sulfone groups is 1. The van der Waals surface area contributed by atoms with Crippen LogP contribution in [0.3, 0.4) is 0 Å². The number of carbonyl (C=O) groups is 1. The molecule has 2 aromatic carbocycles. The quantitative estimate of drug-likeness (QED) is 0.791. The number of carbonyl (C=O) groups excluding carboxylic acids is 1. The first-order chi connectivity index (χ1) is 9.92. The van der Waals surface area contributed by atoms with Crippen LogP contribution >= 0.6 is 11.6 Å². The number of rotatable bonds is 5. The summed E-state index contributed by atoms with van der Waals surface area (Å²) in [6.07, 6.45) is 0. The van der Waals surface area contributed by atoms with Gasteiger partial charge in [-0.1, -0.05) is 60.1 Å². The first-order valence-electron chi connectivity index (χ1n) is 6.46. The predicted molar refractivity (Wildman–Crippen MR) is 84.3 cm³/mol. The molecule has 0 saturated carbocycles. The van der Waals surface area contributed by atoms with Crippen molar-refractivity contribution in [2.45, 2.75) is 17.9 Å². The zero-order valence-electron chi connectivity index (χ0n) is 11.5. The molecule has 0 aliphatic heterocycles. The third kappa shape index (κ3) is 3.71. The molecule has 3 nitrogen and oxygen atoms in total. The first kappa shape index (κ1) is 15.7. The molecule has 2 aromatic rings. The largest absolute Gasteiger partial charge is 0.293 e. The van der Waals surface area contributed by atoms with E-state index in [1.807, 2.05) is 0 Å². The molecule has 1 unspecified atom stereocenters. The van der Waals surface area contributed by atoms with Crippen LogP contribution in [0.1, 0.15) is 22.8 Å². The van der Waals surface area contributed by atoms with Crippen molar-refractivity contribution in [3.8, 4) is 0 Å². The SMILES string of the molecule is CC(C(=O)c1ccccc1)S(=O)(=O)Cc1ccccc1Cl. The fourth-order valence-electron chi connectivity index (χ4n) is 1.96. The molecular weight excluding hydrogens is 308 g/mol. The van der Waals surface area contributed by atoms with Gasteiger partial charge in [0.2, 0.25) is 0 Å². The summed E-state index contributed by atoms with van der Waals surface area (Å²) in [7, 11) is -3.62. The Morgan fingerprint density at radius 3 is 2.24 bits per heavy atom. The minimum atomic E-state index is -3.62. The molecule has 0 N–H and O–H groups in total. The molecule has 5 heteroatoms. The summed E-state index contributed by atoms with van der Waals surface area (Å²) in [5.74, 6) is -0.644. The molecule has 0 amide bonds. The van der Waals surface area contributed by atoms with Crippen LogP contribution in [0.15, 0.2) is 54.6 Å². The summed E-state index contributed by atoms with van der Waals surface area (Å²) < 4.78 is 24.8. The maximum atomic E-state index is 12.4. The van der Waals surface area contributed by atoms with E-state index >= 15 is 0 Å². The highest BCUT2D eigenvalue weighted by Crippen LogP contribution is 2.21. The van der Waals surface area contributed by atoms with Crippen LogP contribution in [-0.2, 0) is 15.6 Å². The number of ketones is 1. The Hall–Kier alpha value is -1.65. The fraction of sp³-hybridized carbons (Fsp3) is 0.188. The Balaban J connectivity index is 2.24. The van der Waals surface area contributed by atoms with Crippen molar-refractivity contribution in [2.75, 3.05) is 0 Å². The highest BCUT2D eigenvalue weighted by molar-refractivity contribution is 7.92. The van der Waals surface area contributed by atoms with Gasteiger partial charge in [-0.05, 0) is 18.6 Å². The minimum Gasteiger partial charge on any atom is -0.293 e. The molecule has 110 valence electrons. The lowest BCUT2D eigenvalue weighted by molar-refractivity contribution is 0.0991. The van der Waals surface area contributed by atoms with Gasteiger partial charge in [-0.3, -0.25) is 4.79 Å². The van der Waals surface area contributed by atoms with Crippen molar-refractivity contribution in [2.24, 2.45) is 0 Å². The van der Waals surface area contributed by atoms with Gasteiger partial charge < -0.3 is 0 Å². The van der Waals surface area contributed by atoms with Gasteiger partial charge in [0, 0.05) is 10.6 Å². The van der Waals surface area contributed by atoms with E-state index in [0.717, 1.165) is 0 Å². The molecule has 0 fully saturated rings. The van der Waals surface area contributed by atoms with Gasteiger partial charge in [-0.2, -0.15) is 0 Å². The smallest absolute Gasteiger partial charge is 0.180 e. The predicted octanol–water partition coefficient (Wildman–Crippen LogP) is 3.53. The maximum absolute atomic E-state index is 12.4. The van der Waals surface area contributed by atoms with Gasteiger partial charge in [0.25, 0.3) is 0 Å². The van der Waals surface area contributed by atoms with Crippen LogP contribution in [0.5, 0.6) is 0 Å². The lowest BCUT2D eigenvalue weighted by atomic mass is 10.1. The van der Waals surface area contributed by atoms with E-state index in [9.17, 15) is 13.2 Å². The summed E-state index contributed by atoms with van der Waals surface area (Å²) in [6, 6.07) is 15.2. The molecule has 21 heavy (non-hydrogen) atoms. The lowest BCUT2D eigenvalue weighted by Gasteiger charge is -2.13. The van der Waals surface area contributed by atoms with Crippen LogP contribution < -0.4 is 0 Å². The Morgan fingerprint density at radius 1 is 1.05 bits per heavy atom. The van der Waals surface area contributed by atoms with Gasteiger partial charge in [0.05, 0.1) is 5.75 Å². The zero-order valence-corrected chi connectivity index (χ0v) is 13.1. The molecule has 0 aromatic heterocycles. The molecule has 0 spiro atoms. The highest BCUT2D eigenvalue weighted by Gasteiger charge is 2.29. The second kappa shape index (κ2) is 6.41. The molecule has 1 atom stereocenters. The fourth-order valence-corrected chi connectivity index (χ4v) is 3.64. The number of hydrogen-bond acceptors (Lipinski definition) is 3. The third-order valence-corrected chi connectivity index (χ3v) is 5.65. The van der Waals surface area contributed by atoms with Crippen LogP contribution in [-0.4, -0.2) is 19.5 Å². The molecular formula is C16H15ClO3S. The second-order valence-corrected chi connectivity index (χ2v) is 7.50. The van der Waals surface area contributed by atoms with Crippen LogP contribution in [0.4, 0.5) is 0 Å². The molecule has 0 bridgehead atoms. The van der Waals surface area contributed by atoms with E-state index in [-0.39, 0.29) is 5.75 Å². The second-order valence-electron chi connectivity index (χ2n) is 4.77. The van der Waals surface area contributed by atoms with Crippen molar-refractivity contribution in [1.29, 1.82) is 0 Å². The number of Topliss-reactive ketones (excluding diaryl/α,β-unsaturated/α-hetero) is 1. The van der Waals surface area contributed by atoms with Gasteiger partial charge in [0.15, 0.2) is 15.6 Å². The normalized spacial score (nSPS) is 12.9. The minimum absolute atomic E-state index is 0.244. The van der Waals surface area contributed by atoms with Crippen LogP contribution in [0.2, 0.25) is 5.02 Å². The van der Waals surface area contributed by atoms with E-state index in [4.69, 9.17) is 11.6 Å². The van der Waals surface area contributed by atoms with Crippen molar-refractivity contribution in [3.63, 3.8) is 0 Å². The van der Waals surface area contributed by atoms with E-state index in [0.29, 0.717) is 16.1 Å². The average molecular weight is 323 g/mol. The lowest BCUT2D eigenvalue weighted by Crippen LogP contribution is -2.28. The summed E-state index contributed by atoms with van der Waals surface area (Å²) in [5.41, 5.74) is 0.902. The van der Waals surface area contributed by atoms with Crippen molar-refractivity contribution in [1.82, 2.24) is 0 Å². The van der Waals surface area contributed by atoms with E-state index in [2.05, 4.69) is 0 Å². The topological polar surface area (TPSA) is 51.2 Å². The molecule has 0 aliphatic rings. The van der Waals surface area contributed by atoms with E-state index < -0.39 is 20.9 Å². The van der Waals surface area contributed by atoms with Gasteiger partial charge >= 0.3 is 0 Å². The summed E-state index contributed by atoms with van der Waals surface area (Å²) in [6.45, 7) is 1.42. The molecule has 0 heterocycles. The standard InChI is InChI=1S/C16H15ClO3S/c1-12(16(18)13-7-3-2-4-8-13)21(19,20)11-14-9-5-6-10-15(14)17/h2-10,12H,11H2,1H3. The maximum Gasteiger partial charge on any atom is 0.180 e. The van der Waals surface area contributed by atoms with Gasteiger partial charge in [0.1, 0.15) is 5.25 Å². The summed E-state index contributed by atoms with van der Waals surface area (Å²) in [4.78, 5) is 12.3. The Labute approximate surface area is 129 Å². The van der Waals surface area contributed by atoms with Crippen molar-refractivity contribution in [3.05, 3.63) is 70.7 Å². The Morgan fingerprint density at radius 2 is 1.62 bits per heavy atom. The first-order valence-corrected chi connectivity index (χ1v) is 8.55. The van der Waals surface area contributed by atoms with E-state index in [1.165, 1.54) is 6.92 Å². The Kier molecular flexibility index (Phi) is 4.80. The molecule has 2 rings (SSSR count). The number of hydrogen-bond donors (Lipinski definition) is 0. The van der Waals surface area contributed by atoms with E-state index in [1.54, 1.807) is 54.6 Å². The van der Waals surface area contributed by atoms with Gasteiger partial charge in [-0.15, -0.1) is 0 Å². The molecule has 0 saturated heterocycles. The number of halogens is 1. The zero-order chi connectivity index (χ0) is 15.5. The number of benzene rings is 2. The summed E-state index contributed by atoms with van der Waals surface area (Å²) >= 11 is 5.98.